The summed E-state index contributed by atoms with van der Waals surface area (Å²) in [5, 5.41) is 2.55. The second-order valence-corrected chi connectivity index (χ2v) is 8.54. The summed E-state index contributed by atoms with van der Waals surface area (Å²) in [6, 6.07) is 7.60. The lowest BCUT2D eigenvalue weighted by Crippen LogP contribution is -2.43. The van der Waals surface area contributed by atoms with E-state index in [0.717, 1.165) is 10.6 Å². The number of ether oxygens (including phenoxy) is 3. The van der Waals surface area contributed by atoms with E-state index in [1.165, 1.54) is 25.3 Å². The number of amides is 4. The van der Waals surface area contributed by atoms with Crippen molar-refractivity contribution in [3.63, 3.8) is 0 Å². The summed E-state index contributed by atoms with van der Waals surface area (Å²) in [6.07, 6.45) is 1.50. The van der Waals surface area contributed by atoms with Gasteiger partial charge in [0.15, 0.2) is 6.61 Å². The number of rotatable bonds is 8. The van der Waals surface area contributed by atoms with Crippen LogP contribution in [0.3, 0.4) is 0 Å². The van der Waals surface area contributed by atoms with Gasteiger partial charge in [-0.3, -0.25) is 14.5 Å². The van der Waals surface area contributed by atoms with E-state index < -0.39 is 17.9 Å². The predicted molar refractivity (Wildman–Crippen MR) is 131 cm³/mol. The Bertz CT molecular complexity index is 1230. The van der Waals surface area contributed by atoms with E-state index in [-0.39, 0.29) is 36.3 Å². The number of nitrogens with zero attached hydrogens (tertiary/aromatic N) is 3. The van der Waals surface area contributed by atoms with Gasteiger partial charge in [-0.15, -0.1) is 0 Å². The summed E-state index contributed by atoms with van der Waals surface area (Å²) in [5.41, 5.74) is 1.38. The predicted octanol–water partition coefficient (Wildman–Crippen LogP) is 1.46. The third-order valence-corrected chi connectivity index (χ3v) is 5.85. The first kappa shape index (κ1) is 25.8. The van der Waals surface area contributed by atoms with E-state index in [0.29, 0.717) is 37.6 Å². The first-order valence-corrected chi connectivity index (χ1v) is 11.6. The van der Waals surface area contributed by atoms with Crippen LogP contribution in [-0.2, 0) is 25.6 Å². The smallest absolute Gasteiger partial charge is 0.373 e. The Morgan fingerprint density at radius 2 is 1.89 bits per heavy atom. The summed E-state index contributed by atoms with van der Waals surface area (Å²) < 4.78 is 21.1. The van der Waals surface area contributed by atoms with E-state index in [2.05, 4.69) is 10.1 Å². The molecule has 4 rings (SSSR count). The van der Waals surface area contributed by atoms with Gasteiger partial charge in [0.25, 0.3) is 11.8 Å². The highest BCUT2D eigenvalue weighted by Crippen LogP contribution is 2.28. The number of imide groups is 1. The van der Waals surface area contributed by atoms with E-state index in [4.69, 9.17) is 13.9 Å². The van der Waals surface area contributed by atoms with Gasteiger partial charge in [0.05, 0.1) is 26.9 Å². The van der Waals surface area contributed by atoms with Crippen LogP contribution in [0.1, 0.15) is 21.9 Å². The molecule has 2 fully saturated rings. The lowest BCUT2D eigenvalue weighted by Gasteiger charge is -2.27. The number of hydrogen-bond acceptors (Lipinski definition) is 9. The highest BCUT2D eigenvalue weighted by atomic mass is 16.5. The van der Waals surface area contributed by atoms with Crippen LogP contribution in [-0.4, -0.2) is 87.7 Å². The molecule has 0 aliphatic carbocycles. The normalized spacial score (nSPS) is 16.7. The van der Waals surface area contributed by atoms with Crippen LogP contribution >= 0.6 is 0 Å². The van der Waals surface area contributed by atoms with Crippen molar-refractivity contribution in [3.8, 4) is 5.75 Å². The lowest BCUT2D eigenvalue weighted by atomic mass is 10.1. The van der Waals surface area contributed by atoms with Gasteiger partial charge in [0.1, 0.15) is 17.2 Å². The summed E-state index contributed by atoms with van der Waals surface area (Å²) in [7, 11) is 4.96. The van der Waals surface area contributed by atoms with Crippen LogP contribution in [0.25, 0.3) is 6.08 Å². The van der Waals surface area contributed by atoms with Crippen molar-refractivity contribution < 1.29 is 37.8 Å². The number of methoxy groups -OCH3 is 1. The van der Waals surface area contributed by atoms with Crippen molar-refractivity contribution >= 4 is 35.6 Å². The van der Waals surface area contributed by atoms with E-state index >= 15 is 0 Å². The minimum absolute atomic E-state index is 0.0327. The van der Waals surface area contributed by atoms with Gasteiger partial charge in [0, 0.05) is 44.5 Å². The van der Waals surface area contributed by atoms with Crippen molar-refractivity contribution in [1.82, 2.24) is 15.1 Å². The number of benzene rings is 1. The second kappa shape index (κ2) is 11.2. The van der Waals surface area contributed by atoms with Crippen LogP contribution in [0.15, 0.2) is 40.4 Å². The fraction of sp³-hybridized carbons (Fsp3) is 0.360. The molecule has 1 N–H and O–H groups in total. The largest absolute Gasteiger partial charge is 0.483 e. The fourth-order valence-electron chi connectivity index (χ4n) is 3.79. The molecule has 0 unspecified atom stereocenters. The van der Waals surface area contributed by atoms with Crippen molar-refractivity contribution in [3.05, 3.63) is 53.1 Å². The van der Waals surface area contributed by atoms with Crippen molar-refractivity contribution in [2.45, 2.75) is 6.54 Å². The molecular weight excluding hydrogens is 484 g/mol. The topological polar surface area (TPSA) is 131 Å². The van der Waals surface area contributed by atoms with E-state index in [9.17, 15) is 19.2 Å². The first-order valence-electron chi connectivity index (χ1n) is 11.6. The summed E-state index contributed by atoms with van der Waals surface area (Å²) in [6.45, 7) is 1.63. The Kier molecular flexibility index (Phi) is 7.77. The molecule has 2 aliphatic rings. The highest BCUT2D eigenvalue weighted by Gasteiger charge is 2.34. The zero-order valence-corrected chi connectivity index (χ0v) is 20.8. The molecule has 0 radical (unpaired) electrons. The van der Waals surface area contributed by atoms with Gasteiger partial charge in [-0.25, -0.2) is 9.59 Å². The lowest BCUT2D eigenvalue weighted by molar-refractivity contribution is -0.137. The van der Waals surface area contributed by atoms with Crippen molar-refractivity contribution in [2.24, 2.45) is 0 Å². The number of urea groups is 1. The van der Waals surface area contributed by atoms with Gasteiger partial charge >= 0.3 is 12.0 Å². The van der Waals surface area contributed by atoms with Gasteiger partial charge in [-0.1, -0.05) is 0 Å². The van der Waals surface area contributed by atoms with Gasteiger partial charge in [0.2, 0.25) is 5.76 Å². The number of morpholine rings is 1. The molecule has 0 spiro atoms. The maximum absolute atomic E-state index is 13.0. The number of anilines is 1. The van der Waals surface area contributed by atoms with Crippen molar-refractivity contribution in [2.75, 3.05) is 59.0 Å². The average Bonchev–Trinajstić information content (AvgIpc) is 3.48. The molecule has 2 aromatic rings. The molecule has 2 saturated heterocycles. The summed E-state index contributed by atoms with van der Waals surface area (Å²) in [4.78, 5) is 54.2. The van der Waals surface area contributed by atoms with Crippen LogP contribution in [0.4, 0.5) is 10.5 Å². The number of hydrogen-bond donors (Lipinski definition) is 1. The molecule has 1 aromatic carbocycles. The molecule has 3 heterocycles. The van der Waals surface area contributed by atoms with Gasteiger partial charge in [-0.05, 0) is 30.3 Å². The molecule has 12 nitrogen and oxygen atoms in total. The Morgan fingerprint density at radius 1 is 1.14 bits per heavy atom. The van der Waals surface area contributed by atoms with Crippen molar-refractivity contribution in [1.29, 1.82) is 0 Å². The SMILES string of the molecule is COC(=O)c1ccc(CN2C(=O)N/C(=C\c3ccc(N(C)C)cc3OCC(=O)N3CCOCC3)C2=O)o1. The third kappa shape index (κ3) is 5.92. The Morgan fingerprint density at radius 3 is 2.59 bits per heavy atom. The van der Waals surface area contributed by atoms with Gasteiger partial charge in [-0.2, -0.15) is 0 Å². The molecular formula is C25H28N4O8. The minimum atomic E-state index is -0.662. The molecule has 196 valence electrons. The standard InChI is InChI=1S/C25H28N4O8/c1-27(2)17-5-4-16(21(13-17)36-15-22(30)28-8-10-35-11-9-28)12-19-23(31)29(25(33)26-19)14-18-6-7-20(37-18)24(32)34-3/h4-7,12-13H,8-11,14-15H2,1-3H3,(H,26,33)/b19-12-. The highest BCUT2D eigenvalue weighted by molar-refractivity contribution is 6.14. The summed E-state index contributed by atoms with van der Waals surface area (Å²) in [5.74, 6) is -0.813. The quantitative estimate of drug-likeness (QED) is 0.317. The minimum Gasteiger partial charge on any atom is -0.483 e. The molecule has 4 amide bonds. The Hall–Kier alpha value is -4.32. The van der Waals surface area contributed by atoms with Gasteiger partial charge < -0.3 is 33.7 Å². The summed E-state index contributed by atoms with van der Waals surface area (Å²) >= 11 is 0. The van der Waals surface area contributed by atoms with E-state index in [1.54, 1.807) is 17.0 Å². The average molecular weight is 513 g/mol. The zero-order chi connectivity index (χ0) is 26.5. The fourth-order valence-corrected chi connectivity index (χ4v) is 3.79. The molecule has 2 aliphatic heterocycles. The number of furan rings is 1. The first-order chi connectivity index (χ1) is 17.8. The maximum Gasteiger partial charge on any atom is 0.373 e. The zero-order valence-electron chi connectivity index (χ0n) is 20.8. The van der Waals surface area contributed by atoms with Crippen LogP contribution in [0.5, 0.6) is 5.75 Å². The number of nitrogens with one attached hydrogen (secondary N) is 1. The molecule has 0 saturated carbocycles. The number of carbonyl (C=O) groups excluding carboxylic acids is 4. The van der Waals surface area contributed by atoms with Crippen LogP contribution in [0, 0.1) is 0 Å². The van der Waals surface area contributed by atoms with Crippen LogP contribution < -0.4 is 15.0 Å². The third-order valence-electron chi connectivity index (χ3n) is 5.85. The molecule has 0 atom stereocenters. The molecule has 37 heavy (non-hydrogen) atoms. The molecule has 1 aromatic heterocycles. The van der Waals surface area contributed by atoms with E-state index in [1.807, 2.05) is 25.1 Å². The molecule has 0 bridgehead atoms. The number of carbonyl (C=O) groups is 4. The number of esters is 1. The Labute approximate surface area is 213 Å². The molecule has 12 heteroatoms. The Balaban J connectivity index is 1.52. The monoisotopic (exact) mass is 512 g/mol. The maximum atomic E-state index is 13.0. The van der Waals surface area contributed by atoms with Crippen LogP contribution in [0.2, 0.25) is 0 Å². The second-order valence-electron chi connectivity index (χ2n) is 8.54.